The molecule has 6 rings (SSSR count). The van der Waals surface area contributed by atoms with Crippen molar-refractivity contribution in [3.05, 3.63) is 84.7 Å². The van der Waals surface area contributed by atoms with Crippen molar-refractivity contribution in [2.24, 2.45) is 0 Å². The van der Waals surface area contributed by atoms with Crippen LogP contribution in [-0.2, 0) is 16.2 Å². The number of halogens is 4. The Morgan fingerprint density at radius 2 is 1.63 bits per heavy atom. The van der Waals surface area contributed by atoms with Gasteiger partial charge < -0.3 is 15.5 Å². The van der Waals surface area contributed by atoms with Crippen LogP contribution in [0.4, 0.5) is 35.9 Å². The van der Waals surface area contributed by atoms with Crippen molar-refractivity contribution in [3.8, 4) is 11.1 Å². The number of pyridine rings is 2. The van der Waals surface area contributed by atoms with Crippen LogP contribution in [0.5, 0.6) is 0 Å². The molecule has 0 spiro atoms. The van der Waals surface area contributed by atoms with Crippen LogP contribution in [0.15, 0.2) is 79.1 Å². The summed E-state index contributed by atoms with van der Waals surface area (Å²) in [7, 11) is -3.73. The molecule has 43 heavy (non-hydrogen) atoms. The largest absolute Gasteiger partial charge is 0.418 e. The lowest BCUT2D eigenvalue weighted by molar-refractivity contribution is -0.137. The number of hydrogen-bond acceptors (Lipinski definition) is 7. The summed E-state index contributed by atoms with van der Waals surface area (Å²) >= 11 is 0. The van der Waals surface area contributed by atoms with Crippen LogP contribution in [0.25, 0.3) is 32.9 Å². The fraction of sp³-hybridized carbons (Fsp3) is 0.200. The summed E-state index contributed by atoms with van der Waals surface area (Å²) in [5.74, 6) is 0. The lowest BCUT2D eigenvalue weighted by atomic mass is 10.0. The Morgan fingerprint density at radius 3 is 2.37 bits per heavy atom. The molecule has 5 aromatic rings. The summed E-state index contributed by atoms with van der Waals surface area (Å²) in [6, 6.07) is 19.3. The molecule has 0 aliphatic carbocycles. The van der Waals surface area contributed by atoms with Gasteiger partial charge in [0.1, 0.15) is 0 Å². The number of anilines is 4. The minimum absolute atomic E-state index is 0. The van der Waals surface area contributed by atoms with E-state index in [-0.39, 0.29) is 35.2 Å². The molecule has 3 aromatic carbocycles. The second-order valence-corrected chi connectivity index (χ2v) is 11.9. The van der Waals surface area contributed by atoms with Crippen molar-refractivity contribution < 1.29 is 21.6 Å². The zero-order valence-corrected chi connectivity index (χ0v) is 24.6. The van der Waals surface area contributed by atoms with E-state index in [9.17, 15) is 21.6 Å². The second-order valence-electron chi connectivity index (χ2n) is 10.2. The van der Waals surface area contributed by atoms with Gasteiger partial charge in [0, 0.05) is 60.1 Å². The highest BCUT2D eigenvalue weighted by Crippen LogP contribution is 2.41. The summed E-state index contributed by atoms with van der Waals surface area (Å²) < 4.78 is 69.7. The Morgan fingerprint density at radius 1 is 0.884 bits per heavy atom. The zero-order valence-electron chi connectivity index (χ0n) is 22.9. The van der Waals surface area contributed by atoms with E-state index in [1.54, 1.807) is 23.2 Å². The van der Waals surface area contributed by atoms with E-state index in [0.717, 1.165) is 34.4 Å². The van der Waals surface area contributed by atoms with Crippen molar-refractivity contribution in [3.63, 3.8) is 0 Å². The van der Waals surface area contributed by atoms with Crippen molar-refractivity contribution in [2.45, 2.75) is 6.18 Å². The number of nitrogens with one attached hydrogen (secondary N) is 3. The molecule has 0 unspecified atom stereocenters. The van der Waals surface area contributed by atoms with Gasteiger partial charge in [0.05, 0.1) is 40.4 Å². The molecule has 0 saturated carbocycles. The minimum atomic E-state index is -4.59. The molecule has 1 fully saturated rings. The van der Waals surface area contributed by atoms with Crippen LogP contribution >= 0.6 is 12.4 Å². The van der Waals surface area contributed by atoms with Crippen LogP contribution in [0.2, 0.25) is 0 Å². The number of para-hydroxylation sites is 1. The number of alkyl halides is 3. The molecule has 8 nitrogen and oxygen atoms in total. The molecular weight excluding hydrogens is 601 g/mol. The third-order valence-corrected chi connectivity index (χ3v) is 7.71. The van der Waals surface area contributed by atoms with E-state index in [2.05, 4.69) is 25.3 Å². The molecule has 3 N–H and O–H groups in total. The molecule has 2 aromatic heterocycles. The SMILES string of the molecule is CS(=O)(=O)Nc1cnc2ccc(-c3cnc4ccccc4c3)cc2c1Nc1ccc(N2CCNCC2)c(C(F)(F)F)c1.Cl. The quantitative estimate of drug-likeness (QED) is 0.200. The molecule has 13 heteroatoms. The summed E-state index contributed by atoms with van der Waals surface area (Å²) in [4.78, 5) is 10.7. The maximum absolute atomic E-state index is 14.3. The molecule has 1 aliphatic rings. The monoisotopic (exact) mass is 628 g/mol. The molecular formula is C30H28ClF3N6O2S. The number of benzene rings is 3. The lowest BCUT2D eigenvalue weighted by Crippen LogP contribution is -2.44. The minimum Gasteiger partial charge on any atom is -0.368 e. The van der Waals surface area contributed by atoms with Gasteiger partial charge in [-0.1, -0.05) is 24.3 Å². The number of aromatic nitrogens is 2. The van der Waals surface area contributed by atoms with Gasteiger partial charge in [0.2, 0.25) is 10.0 Å². The predicted octanol–water partition coefficient (Wildman–Crippen LogP) is 6.42. The second kappa shape index (κ2) is 11.9. The van der Waals surface area contributed by atoms with Crippen LogP contribution in [0.1, 0.15) is 5.56 Å². The maximum atomic E-state index is 14.3. The topological polar surface area (TPSA) is 99.2 Å². The standard InChI is InChI=1S/C30H27F3N6O2S.ClH/c1-42(40,41)38-27-18-36-26-8-6-19(21-14-20-4-2-3-5-25(20)35-17-21)15-23(26)29(27)37-22-7-9-28(24(16-22)30(31,32)33)39-12-10-34-11-13-39;/h2-9,14-18,34,38H,10-13H2,1H3,(H,36,37);1H. The number of piperazine rings is 1. The van der Waals surface area contributed by atoms with Crippen molar-refractivity contribution in [1.82, 2.24) is 15.3 Å². The van der Waals surface area contributed by atoms with E-state index in [4.69, 9.17) is 0 Å². The highest BCUT2D eigenvalue weighted by atomic mass is 35.5. The van der Waals surface area contributed by atoms with Gasteiger partial charge in [0.25, 0.3) is 0 Å². The third kappa shape index (κ3) is 6.61. The maximum Gasteiger partial charge on any atom is 0.418 e. The molecule has 3 heterocycles. The average molecular weight is 629 g/mol. The van der Waals surface area contributed by atoms with Crippen LogP contribution in [-0.4, -0.2) is 50.8 Å². The molecule has 1 aliphatic heterocycles. The van der Waals surface area contributed by atoms with E-state index >= 15 is 0 Å². The van der Waals surface area contributed by atoms with E-state index < -0.39 is 21.8 Å². The smallest absolute Gasteiger partial charge is 0.368 e. The Kier molecular flexibility index (Phi) is 8.37. The van der Waals surface area contributed by atoms with Crippen molar-refractivity contribution >= 4 is 67.0 Å². The van der Waals surface area contributed by atoms with Gasteiger partial charge in [-0.2, -0.15) is 13.2 Å². The van der Waals surface area contributed by atoms with Gasteiger partial charge in [-0.25, -0.2) is 8.42 Å². The molecule has 224 valence electrons. The number of sulfonamides is 1. The third-order valence-electron chi connectivity index (χ3n) is 7.12. The summed E-state index contributed by atoms with van der Waals surface area (Å²) in [5.41, 5.74) is 2.86. The van der Waals surface area contributed by atoms with Crippen molar-refractivity contribution in [1.29, 1.82) is 0 Å². The number of fused-ring (bicyclic) bond motifs is 2. The van der Waals surface area contributed by atoms with Gasteiger partial charge in [-0.15, -0.1) is 12.4 Å². The molecule has 0 amide bonds. The fourth-order valence-corrected chi connectivity index (χ4v) is 5.73. The predicted molar refractivity (Wildman–Crippen MR) is 168 cm³/mol. The van der Waals surface area contributed by atoms with E-state index in [1.165, 1.54) is 12.3 Å². The van der Waals surface area contributed by atoms with Crippen LogP contribution in [0, 0.1) is 0 Å². The summed E-state index contributed by atoms with van der Waals surface area (Å²) in [5, 5.41) is 7.70. The average Bonchev–Trinajstić information content (AvgIpc) is 2.97. The van der Waals surface area contributed by atoms with Gasteiger partial charge in [-0.05, 0) is 48.0 Å². The number of nitrogens with zero attached hydrogens (tertiary/aromatic N) is 3. The fourth-order valence-electron chi connectivity index (χ4n) is 5.18. The van der Waals surface area contributed by atoms with E-state index in [1.807, 2.05) is 42.5 Å². The van der Waals surface area contributed by atoms with Crippen LogP contribution < -0.4 is 20.3 Å². The van der Waals surface area contributed by atoms with Gasteiger partial charge in [-0.3, -0.25) is 14.7 Å². The Hall–Kier alpha value is -4.13. The first-order valence-electron chi connectivity index (χ1n) is 13.2. The highest BCUT2D eigenvalue weighted by molar-refractivity contribution is 7.92. The highest BCUT2D eigenvalue weighted by Gasteiger charge is 2.35. The molecule has 1 saturated heterocycles. The summed E-state index contributed by atoms with van der Waals surface area (Å²) in [6.07, 6.45) is -0.500. The lowest BCUT2D eigenvalue weighted by Gasteiger charge is -2.32. The Balaban J connectivity index is 0.00000368. The Labute approximate surface area is 252 Å². The zero-order chi connectivity index (χ0) is 29.5. The van der Waals surface area contributed by atoms with Gasteiger partial charge >= 0.3 is 6.18 Å². The number of rotatable bonds is 6. The first-order chi connectivity index (χ1) is 20.0. The normalized spacial score (nSPS) is 14.0. The van der Waals surface area contributed by atoms with Crippen molar-refractivity contribution in [2.75, 3.05) is 47.4 Å². The van der Waals surface area contributed by atoms with E-state index in [0.29, 0.717) is 37.1 Å². The molecule has 0 atom stereocenters. The Bertz CT molecular complexity index is 1910. The molecule has 0 radical (unpaired) electrons. The first-order valence-corrected chi connectivity index (χ1v) is 15.1. The summed E-state index contributed by atoms with van der Waals surface area (Å²) in [6.45, 7) is 2.10. The van der Waals surface area contributed by atoms with Gasteiger partial charge in [0.15, 0.2) is 0 Å². The van der Waals surface area contributed by atoms with Crippen LogP contribution in [0.3, 0.4) is 0 Å². The first kappa shape index (κ1) is 30.3. The number of hydrogen-bond donors (Lipinski definition) is 3. The molecule has 0 bridgehead atoms.